The molecule has 1 N–H and O–H groups in total. The molecule has 0 unspecified atom stereocenters. The van der Waals surface area contributed by atoms with Crippen LogP contribution in [-0.2, 0) is 11.3 Å². The van der Waals surface area contributed by atoms with Crippen LogP contribution in [0.1, 0.15) is 11.4 Å². The predicted octanol–water partition coefficient (Wildman–Crippen LogP) is 1.43. The summed E-state index contributed by atoms with van der Waals surface area (Å²) in [6.07, 6.45) is 4.39. The molecule has 4 heteroatoms. The van der Waals surface area contributed by atoms with Gasteiger partial charge in [-0.05, 0) is 24.6 Å². The number of hydrogen-bond acceptors (Lipinski definition) is 2. The zero-order valence-electron chi connectivity index (χ0n) is 9.05. The average Bonchev–Trinajstić information content (AvgIpc) is 2.73. The molecule has 4 nitrogen and oxygen atoms in total. The van der Waals surface area contributed by atoms with Crippen molar-refractivity contribution in [3.8, 4) is 5.69 Å². The van der Waals surface area contributed by atoms with Crippen molar-refractivity contribution < 1.29 is 4.79 Å². The van der Waals surface area contributed by atoms with E-state index in [1.165, 1.54) is 0 Å². The minimum absolute atomic E-state index is 0.547. The van der Waals surface area contributed by atoms with E-state index in [1.54, 1.807) is 6.20 Å². The normalized spacial score (nSPS) is 10.1. The van der Waals surface area contributed by atoms with Gasteiger partial charge in [0.05, 0.1) is 0 Å². The largest absolute Gasteiger partial charge is 0.355 e. The third kappa shape index (κ3) is 2.11. The second-order valence-corrected chi connectivity index (χ2v) is 3.51. The first-order chi connectivity index (χ1) is 7.81. The van der Waals surface area contributed by atoms with Crippen molar-refractivity contribution in [2.24, 2.45) is 0 Å². The van der Waals surface area contributed by atoms with Crippen LogP contribution in [0, 0.1) is 6.92 Å². The first-order valence-electron chi connectivity index (χ1n) is 5.07. The number of aromatic nitrogens is 2. The van der Waals surface area contributed by atoms with Crippen molar-refractivity contribution in [3.05, 3.63) is 48.0 Å². The molecule has 82 valence electrons. The third-order valence-corrected chi connectivity index (χ3v) is 2.40. The Bertz CT molecular complexity index is 491. The summed E-state index contributed by atoms with van der Waals surface area (Å²) in [5.41, 5.74) is 2.12. The van der Waals surface area contributed by atoms with E-state index < -0.39 is 0 Å². The van der Waals surface area contributed by atoms with Gasteiger partial charge in [0.25, 0.3) is 0 Å². The SMILES string of the molecule is Cc1nccn1-c1cccc(CNC=O)c1. The Morgan fingerprint density at radius 3 is 3.06 bits per heavy atom. The van der Waals surface area contributed by atoms with Crippen molar-refractivity contribution in [1.82, 2.24) is 14.9 Å². The van der Waals surface area contributed by atoms with E-state index in [9.17, 15) is 4.79 Å². The van der Waals surface area contributed by atoms with Crippen LogP contribution in [0.5, 0.6) is 0 Å². The molecule has 0 spiro atoms. The molecule has 2 rings (SSSR count). The molecule has 0 bridgehead atoms. The second-order valence-electron chi connectivity index (χ2n) is 3.51. The minimum atomic E-state index is 0.547. The van der Waals surface area contributed by atoms with Gasteiger partial charge in [-0.3, -0.25) is 4.79 Å². The number of nitrogens with zero attached hydrogens (tertiary/aromatic N) is 2. The highest BCUT2D eigenvalue weighted by Crippen LogP contribution is 2.12. The molecule has 0 aliphatic carbocycles. The highest BCUT2D eigenvalue weighted by atomic mass is 16.1. The van der Waals surface area contributed by atoms with Gasteiger partial charge in [0.15, 0.2) is 0 Å². The van der Waals surface area contributed by atoms with Crippen LogP contribution < -0.4 is 5.32 Å². The number of hydrogen-bond donors (Lipinski definition) is 1. The summed E-state index contributed by atoms with van der Waals surface area (Å²) in [5, 5.41) is 2.65. The summed E-state index contributed by atoms with van der Waals surface area (Å²) in [6, 6.07) is 7.99. The van der Waals surface area contributed by atoms with Crippen LogP contribution in [0.25, 0.3) is 5.69 Å². The maximum Gasteiger partial charge on any atom is 0.207 e. The third-order valence-electron chi connectivity index (χ3n) is 2.40. The lowest BCUT2D eigenvalue weighted by Crippen LogP contribution is -2.10. The molecule has 0 atom stereocenters. The molecule has 1 amide bonds. The lowest BCUT2D eigenvalue weighted by molar-refractivity contribution is -0.109. The van der Waals surface area contributed by atoms with Crippen LogP contribution in [-0.4, -0.2) is 16.0 Å². The van der Waals surface area contributed by atoms with E-state index >= 15 is 0 Å². The fourth-order valence-corrected chi connectivity index (χ4v) is 1.63. The van der Waals surface area contributed by atoms with Gasteiger partial charge < -0.3 is 9.88 Å². The lowest BCUT2D eigenvalue weighted by Gasteiger charge is -2.07. The Hall–Kier alpha value is -2.10. The molecule has 0 radical (unpaired) electrons. The van der Waals surface area contributed by atoms with Crippen molar-refractivity contribution in [2.45, 2.75) is 13.5 Å². The quantitative estimate of drug-likeness (QED) is 0.784. The lowest BCUT2D eigenvalue weighted by atomic mass is 10.2. The molecular weight excluding hydrogens is 202 g/mol. The first-order valence-corrected chi connectivity index (χ1v) is 5.07. The Morgan fingerprint density at radius 1 is 1.50 bits per heavy atom. The smallest absolute Gasteiger partial charge is 0.207 e. The molecule has 0 saturated heterocycles. The first kappa shape index (κ1) is 10.4. The van der Waals surface area contributed by atoms with E-state index in [2.05, 4.69) is 10.3 Å². The van der Waals surface area contributed by atoms with Gasteiger partial charge in [0.1, 0.15) is 5.82 Å². The molecule has 1 aromatic carbocycles. The summed E-state index contributed by atoms with van der Waals surface area (Å²) < 4.78 is 2.00. The number of amides is 1. The number of carbonyl (C=O) groups is 1. The van der Waals surface area contributed by atoms with Gasteiger partial charge in [-0.1, -0.05) is 12.1 Å². The van der Waals surface area contributed by atoms with Gasteiger partial charge in [-0.15, -0.1) is 0 Å². The molecule has 0 saturated carbocycles. The number of rotatable bonds is 4. The van der Waals surface area contributed by atoms with Crippen LogP contribution in [0.2, 0.25) is 0 Å². The Labute approximate surface area is 93.9 Å². The zero-order chi connectivity index (χ0) is 11.4. The summed E-state index contributed by atoms with van der Waals surface area (Å²) in [4.78, 5) is 14.4. The van der Waals surface area contributed by atoms with Crippen LogP contribution in [0.15, 0.2) is 36.7 Å². The van der Waals surface area contributed by atoms with Crippen LogP contribution >= 0.6 is 0 Å². The molecule has 1 heterocycles. The minimum Gasteiger partial charge on any atom is -0.355 e. The van der Waals surface area contributed by atoms with Crippen molar-refractivity contribution in [2.75, 3.05) is 0 Å². The standard InChI is InChI=1S/C12H13N3O/c1-10-14-5-6-15(10)12-4-2-3-11(7-12)8-13-9-16/h2-7,9H,8H2,1H3,(H,13,16). The van der Waals surface area contributed by atoms with Gasteiger partial charge >= 0.3 is 0 Å². The van der Waals surface area contributed by atoms with E-state index in [1.807, 2.05) is 42.0 Å². The zero-order valence-corrected chi connectivity index (χ0v) is 9.05. The molecule has 0 fully saturated rings. The number of carbonyl (C=O) groups excluding carboxylic acids is 1. The Morgan fingerprint density at radius 2 is 2.38 bits per heavy atom. The van der Waals surface area contributed by atoms with Gasteiger partial charge in [0, 0.05) is 24.6 Å². The van der Waals surface area contributed by atoms with Crippen molar-refractivity contribution >= 4 is 6.41 Å². The number of nitrogens with one attached hydrogen (secondary N) is 1. The van der Waals surface area contributed by atoms with E-state index in [0.717, 1.165) is 17.1 Å². The number of imidazole rings is 1. The maximum atomic E-state index is 10.2. The highest BCUT2D eigenvalue weighted by molar-refractivity contribution is 5.47. The Balaban J connectivity index is 2.29. The van der Waals surface area contributed by atoms with E-state index in [-0.39, 0.29) is 0 Å². The summed E-state index contributed by atoms with van der Waals surface area (Å²) in [6.45, 7) is 2.50. The molecule has 0 aliphatic heterocycles. The molecule has 2 aromatic rings. The molecule has 0 aliphatic rings. The summed E-state index contributed by atoms with van der Waals surface area (Å²) in [5.74, 6) is 0.945. The van der Waals surface area contributed by atoms with Crippen molar-refractivity contribution in [3.63, 3.8) is 0 Å². The average molecular weight is 215 g/mol. The number of benzene rings is 1. The van der Waals surface area contributed by atoms with Gasteiger partial charge in [-0.2, -0.15) is 0 Å². The topological polar surface area (TPSA) is 46.9 Å². The van der Waals surface area contributed by atoms with Gasteiger partial charge in [0.2, 0.25) is 6.41 Å². The Kier molecular flexibility index (Phi) is 3.00. The fourth-order valence-electron chi connectivity index (χ4n) is 1.63. The van der Waals surface area contributed by atoms with Crippen LogP contribution in [0.3, 0.4) is 0 Å². The van der Waals surface area contributed by atoms with Crippen LogP contribution in [0.4, 0.5) is 0 Å². The summed E-state index contributed by atoms with van der Waals surface area (Å²) >= 11 is 0. The van der Waals surface area contributed by atoms with Crippen molar-refractivity contribution in [1.29, 1.82) is 0 Å². The molecule has 1 aromatic heterocycles. The van der Waals surface area contributed by atoms with Gasteiger partial charge in [-0.25, -0.2) is 4.98 Å². The predicted molar refractivity (Wildman–Crippen MR) is 61.2 cm³/mol. The van der Waals surface area contributed by atoms with E-state index in [4.69, 9.17) is 0 Å². The molecular formula is C12H13N3O. The second kappa shape index (κ2) is 4.61. The number of aryl methyl sites for hydroxylation is 1. The summed E-state index contributed by atoms with van der Waals surface area (Å²) in [7, 11) is 0. The maximum absolute atomic E-state index is 10.2. The highest BCUT2D eigenvalue weighted by Gasteiger charge is 2.00. The molecule has 16 heavy (non-hydrogen) atoms. The fraction of sp³-hybridized carbons (Fsp3) is 0.167. The monoisotopic (exact) mass is 215 g/mol. The van der Waals surface area contributed by atoms with E-state index in [0.29, 0.717) is 13.0 Å².